The zero-order valence-electron chi connectivity index (χ0n) is 12.0. The second-order valence-electron chi connectivity index (χ2n) is 5.58. The molecule has 1 heterocycles. The second kappa shape index (κ2) is 6.32. The molecule has 1 unspecified atom stereocenters. The normalized spacial score (nSPS) is 15.3. The fraction of sp³-hybridized carbons (Fsp3) is 0.294. The fourth-order valence-corrected chi connectivity index (χ4v) is 3.41. The summed E-state index contributed by atoms with van der Waals surface area (Å²) in [4.78, 5) is 24.4. The van der Waals surface area contributed by atoms with Crippen molar-refractivity contribution >= 4 is 23.2 Å². The molecule has 0 bridgehead atoms. The van der Waals surface area contributed by atoms with Crippen LogP contribution in [0.15, 0.2) is 41.8 Å². The largest absolute Gasteiger partial charge is 0.478 e. The van der Waals surface area contributed by atoms with E-state index in [0.717, 1.165) is 18.4 Å². The molecule has 0 radical (unpaired) electrons. The van der Waals surface area contributed by atoms with E-state index in [-0.39, 0.29) is 23.9 Å². The number of hydrogen-bond donors (Lipinski definition) is 2. The zero-order valence-corrected chi connectivity index (χ0v) is 12.8. The quantitative estimate of drug-likeness (QED) is 0.860. The summed E-state index contributed by atoms with van der Waals surface area (Å²) < 4.78 is 0. The van der Waals surface area contributed by atoms with Crippen molar-refractivity contribution in [2.75, 3.05) is 0 Å². The van der Waals surface area contributed by atoms with E-state index >= 15 is 0 Å². The number of carboxylic acids is 1. The number of nitrogens with one attached hydrogen (secondary N) is 1. The first-order valence-electron chi connectivity index (χ1n) is 7.28. The minimum absolute atomic E-state index is 0.0622. The second-order valence-corrected chi connectivity index (χ2v) is 6.56. The van der Waals surface area contributed by atoms with E-state index in [2.05, 4.69) is 11.4 Å². The first-order chi connectivity index (χ1) is 10.6. The third-order valence-corrected chi connectivity index (χ3v) is 4.75. The van der Waals surface area contributed by atoms with Gasteiger partial charge in [0.1, 0.15) is 0 Å². The molecule has 1 aromatic heterocycles. The molecule has 114 valence electrons. The molecular formula is C17H17NO3S. The van der Waals surface area contributed by atoms with Crippen LogP contribution in [0.1, 0.15) is 39.7 Å². The summed E-state index contributed by atoms with van der Waals surface area (Å²) >= 11 is 1.66. The van der Waals surface area contributed by atoms with Crippen LogP contribution in [-0.4, -0.2) is 17.0 Å². The average molecular weight is 315 g/mol. The van der Waals surface area contributed by atoms with E-state index in [1.807, 2.05) is 11.4 Å². The van der Waals surface area contributed by atoms with Gasteiger partial charge in [-0.1, -0.05) is 18.2 Å². The Labute approximate surface area is 132 Å². The Kier molecular flexibility index (Phi) is 4.24. The van der Waals surface area contributed by atoms with Crippen LogP contribution in [0.4, 0.5) is 0 Å². The number of carbonyl (C=O) groups excluding carboxylic acids is 1. The van der Waals surface area contributed by atoms with Gasteiger partial charge in [0.15, 0.2) is 0 Å². The third-order valence-electron chi connectivity index (χ3n) is 3.80. The molecule has 4 nitrogen and oxygen atoms in total. The number of hydrogen-bond acceptors (Lipinski definition) is 3. The van der Waals surface area contributed by atoms with Crippen molar-refractivity contribution in [3.8, 4) is 0 Å². The number of amides is 1. The molecule has 1 amide bonds. The Hall–Kier alpha value is -2.14. The molecule has 1 aliphatic carbocycles. The highest BCUT2D eigenvalue weighted by molar-refractivity contribution is 7.10. The number of rotatable bonds is 6. The van der Waals surface area contributed by atoms with Crippen molar-refractivity contribution in [3.63, 3.8) is 0 Å². The minimum atomic E-state index is -0.975. The van der Waals surface area contributed by atoms with Crippen LogP contribution >= 0.6 is 11.3 Å². The maximum atomic E-state index is 12.3. The lowest BCUT2D eigenvalue weighted by molar-refractivity contribution is -0.121. The highest BCUT2D eigenvalue weighted by Crippen LogP contribution is 2.42. The van der Waals surface area contributed by atoms with E-state index in [4.69, 9.17) is 5.11 Å². The summed E-state index contributed by atoms with van der Waals surface area (Å²) in [5.41, 5.74) is 0.931. The topological polar surface area (TPSA) is 66.4 Å². The van der Waals surface area contributed by atoms with Gasteiger partial charge in [-0.25, -0.2) is 4.79 Å². The smallest absolute Gasteiger partial charge is 0.335 e. The molecule has 0 aliphatic heterocycles. The zero-order chi connectivity index (χ0) is 15.5. The summed E-state index contributed by atoms with van der Waals surface area (Å²) in [6.07, 6.45) is 2.50. The van der Waals surface area contributed by atoms with E-state index in [9.17, 15) is 9.59 Å². The molecule has 2 aromatic rings. The number of benzene rings is 1. The van der Waals surface area contributed by atoms with Crippen molar-refractivity contribution in [2.24, 2.45) is 5.92 Å². The van der Waals surface area contributed by atoms with Gasteiger partial charge in [-0.2, -0.15) is 0 Å². The van der Waals surface area contributed by atoms with Gasteiger partial charge in [0, 0.05) is 4.88 Å². The van der Waals surface area contributed by atoms with Gasteiger partial charge >= 0.3 is 5.97 Å². The summed E-state index contributed by atoms with van der Waals surface area (Å²) in [5, 5.41) is 14.1. The van der Waals surface area contributed by atoms with E-state index in [0.29, 0.717) is 5.92 Å². The van der Waals surface area contributed by atoms with Gasteiger partial charge < -0.3 is 10.4 Å². The van der Waals surface area contributed by atoms with Crippen LogP contribution in [0.2, 0.25) is 0 Å². The Morgan fingerprint density at radius 1 is 1.27 bits per heavy atom. The van der Waals surface area contributed by atoms with Crippen molar-refractivity contribution < 1.29 is 14.7 Å². The third kappa shape index (κ3) is 3.54. The van der Waals surface area contributed by atoms with E-state index in [1.54, 1.807) is 29.5 Å². The minimum Gasteiger partial charge on any atom is -0.478 e. The van der Waals surface area contributed by atoms with Crippen LogP contribution in [0.3, 0.4) is 0 Å². The van der Waals surface area contributed by atoms with Crippen molar-refractivity contribution in [1.29, 1.82) is 0 Å². The Morgan fingerprint density at radius 3 is 2.73 bits per heavy atom. The van der Waals surface area contributed by atoms with Gasteiger partial charge in [0.05, 0.1) is 18.0 Å². The Balaban J connectivity index is 1.66. The van der Waals surface area contributed by atoms with E-state index in [1.165, 1.54) is 10.9 Å². The maximum absolute atomic E-state index is 12.3. The fourth-order valence-electron chi connectivity index (χ4n) is 2.54. The molecule has 1 atom stereocenters. The predicted octanol–water partition coefficient (Wildman–Crippen LogP) is 3.26. The van der Waals surface area contributed by atoms with Gasteiger partial charge in [0.2, 0.25) is 5.91 Å². The van der Waals surface area contributed by atoms with Gasteiger partial charge in [-0.05, 0) is 47.9 Å². The number of thiophene rings is 1. The number of carboxylic acid groups (broad SMARTS) is 1. The lowest BCUT2D eigenvalue weighted by atomic mass is 10.1. The van der Waals surface area contributed by atoms with Crippen molar-refractivity contribution in [2.45, 2.75) is 25.3 Å². The molecule has 3 rings (SSSR count). The highest BCUT2D eigenvalue weighted by Gasteiger charge is 2.33. The van der Waals surface area contributed by atoms with Gasteiger partial charge in [-0.3, -0.25) is 4.79 Å². The van der Waals surface area contributed by atoms with Crippen LogP contribution in [0.25, 0.3) is 0 Å². The predicted molar refractivity (Wildman–Crippen MR) is 85.0 cm³/mol. The van der Waals surface area contributed by atoms with Crippen molar-refractivity contribution in [3.05, 3.63) is 57.8 Å². The monoisotopic (exact) mass is 315 g/mol. The SMILES string of the molecule is O=C(Cc1cccc(C(=O)O)c1)NC(c1cccs1)C1CC1. The molecule has 1 fully saturated rings. The summed E-state index contributed by atoms with van der Waals surface area (Å²) in [6, 6.07) is 10.7. The lowest BCUT2D eigenvalue weighted by Crippen LogP contribution is -2.30. The van der Waals surface area contributed by atoms with E-state index < -0.39 is 5.97 Å². The standard InChI is InChI=1S/C17H17NO3S/c19-15(10-11-3-1-4-13(9-11)17(20)21)18-16(12-6-7-12)14-5-2-8-22-14/h1-5,8-9,12,16H,6-7,10H2,(H,18,19)(H,20,21). The molecule has 5 heteroatoms. The number of carbonyl (C=O) groups is 2. The molecule has 1 saturated carbocycles. The molecule has 2 N–H and O–H groups in total. The van der Waals surface area contributed by atoms with Gasteiger partial charge in [-0.15, -0.1) is 11.3 Å². The summed E-state index contributed by atoms with van der Waals surface area (Å²) in [6.45, 7) is 0. The molecule has 0 spiro atoms. The molecule has 1 aromatic carbocycles. The van der Waals surface area contributed by atoms with Gasteiger partial charge in [0.25, 0.3) is 0 Å². The average Bonchev–Trinajstić information content (AvgIpc) is 3.19. The first-order valence-corrected chi connectivity index (χ1v) is 8.16. The Bertz CT molecular complexity index is 677. The molecule has 1 aliphatic rings. The van der Waals surface area contributed by atoms with Crippen LogP contribution in [-0.2, 0) is 11.2 Å². The Morgan fingerprint density at radius 2 is 2.09 bits per heavy atom. The van der Waals surface area contributed by atoms with Crippen molar-refractivity contribution in [1.82, 2.24) is 5.32 Å². The lowest BCUT2D eigenvalue weighted by Gasteiger charge is -2.17. The first kappa shape index (κ1) is 14.8. The van der Waals surface area contributed by atoms with Crippen LogP contribution in [0, 0.1) is 5.92 Å². The summed E-state index contributed by atoms with van der Waals surface area (Å²) in [7, 11) is 0. The summed E-state index contributed by atoms with van der Waals surface area (Å²) in [5.74, 6) is -0.502. The molecule has 0 saturated heterocycles. The highest BCUT2D eigenvalue weighted by atomic mass is 32.1. The van der Waals surface area contributed by atoms with Crippen LogP contribution < -0.4 is 5.32 Å². The molecular weight excluding hydrogens is 298 g/mol. The maximum Gasteiger partial charge on any atom is 0.335 e. The molecule has 22 heavy (non-hydrogen) atoms. The number of aromatic carboxylic acids is 1. The van der Waals surface area contributed by atoms with Crippen LogP contribution in [0.5, 0.6) is 0 Å².